The van der Waals surface area contributed by atoms with Crippen LogP contribution in [0.25, 0.3) is 11.3 Å². The number of rotatable bonds is 7. The maximum absolute atomic E-state index is 12.3. The molecule has 0 fully saturated rings. The molecule has 1 heterocycles. The fourth-order valence-corrected chi connectivity index (χ4v) is 2.81. The van der Waals surface area contributed by atoms with Gasteiger partial charge >= 0.3 is 0 Å². The normalized spacial score (nSPS) is 14.0. The first-order chi connectivity index (χ1) is 12.6. The second kappa shape index (κ2) is 8.89. The number of hydrogen-bond donors (Lipinski definition) is 2. The number of amides is 1. The first-order valence-corrected chi connectivity index (χ1v) is 9.89. The summed E-state index contributed by atoms with van der Waals surface area (Å²) in [6.07, 6.45) is 2.94. The topological polar surface area (TPSA) is 59.0 Å². The van der Waals surface area contributed by atoms with E-state index in [1.807, 2.05) is 49.0 Å². The van der Waals surface area contributed by atoms with Crippen LogP contribution in [0.15, 0.2) is 30.5 Å². The lowest BCUT2D eigenvalue weighted by Crippen LogP contribution is -2.45. The van der Waals surface area contributed by atoms with Gasteiger partial charge in [0.25, 0.3) is 0 Å². The summed E-state index contributed by atoms with van der Waals surface area (Å²) in [6.45, 7) is 12.8. The number of aromatic nitrogens is 2. The van der Waals surface area contributed by atoms with Crippen LogP contribution in [-0.2, 0) is 16.9 Å². The van der Waals surface area contributed by atoms with Crippen LogP contribution < -0.4 is 10.6 Å². The number of carbonyl (C=O) groups is 1. The SMILES string of the molecule is CCC(C)NC(=O)C(C)NCc1cn(C(C)(C)C)nc1-c1ccccc1Cl. The van der Waals surface area contributed by atoms with E-state index < -0.39 is 0 Å². The zero-order chi connectivity index (χ0) is 20.2. The molecular weight excluding hydrogens is 360 g/mol. The number of halogens is 1. The highest BCUT2D eigenvalue weighted by atomic mass is 35.5. The molecule has 0 aliphatic rings. The fraction of sp³-hybridized carbons (Fsp3) is 0.524. The Labute approximate surface area is 167 Å². The molecule has 1 aromatic carbocycles. The zero-order valence-electron chi connectivity index (χ0n) is 17.1. The molecule has 27 heavy (non-hydrogen) atoms. The van der Waals surface area contributed by atoms with Crippen molar-refractivity contribution in [2.45, 2.75) is 72.1 Å². The van der Waals surface area contributed by atoms with E-state index in [1.165, 1.54) is 0 Å². The molecule has 5 nitrogen and oxygen atoms in total. The summed E-state index contributed by atoms with van der Waals surface area (Å²) in [5.74, 6) is 0.00635. The van der Waals surface area contributed by atoms with Crippen molar-refractivity contribution in [2.75, 3.05) is 0 Å². The summed E-state index contributed by atoms with van der Waals surface area (Å²) < 4.78 is 1.95. The highest BCUT2D eigenvalue weighted by Gasteiger charge is 2.21. The van der Waals surface area contributed by atoms with E-state index in [2.05, 4.69) is 38.3 Å². The van der Waals surface area contributed by atoms with Gasteiger partial charge in [-0.3, -0.25) is 9.48 Å². The molecule has 0 aliphatic carbocycles. The van der Waals surface area contributed by atoms with E-state index >= 15 is 0 Å². The summed E-state index contributed by atoms with van der Waals surface area (Å²) in [5.41, 5.74) is 2.61. The molecule has 0 bridgehead atoms. The predicted molar refractivity (Wildman–Crippen MR) is 112 cm³/mol. The van der Waals surface area contributed by atoms with E-state index in [-0.39, 0.29) is 23.5 Å². The lowest BCUT2D eigenvalue weighted by Gasteiger charge is -2.19. The van der Waals surface area contributed by atoms with Crippen molar-refractivity contribution >= 4 is 17.5 Å². The van der Waals surface area contributed by atoms with Crippen LogP contribution in [0.2, 0.25) is 5.02 Å². The minimum atomic E-state index is -0.295. The average Bonchev–Trinajstić information content (AvgIpc) is 3.04. The van der Waals surface area contributed by atoms with Gasteiger partial charge in [-0.1, -0.05) is 36.7 Å². The van der Waals surface area contributed by atoms with Crippen LogP contribution in [0.5, 0.6) is 0 Å². The molecule has 2 rings (SSSR count). The van der Waals surface area contributed by atoms with Gasteiger partial charge < -0.3 is 10.6 Å². The second-order valence-electron chi connectivity index (χ2n) is 8.02. The number of nitrogens with one attached hydrogen (secondary N) is 2. The van der Waals surface area contributed by atoms with Crippen LogP contribution in [0.4, 0.5) is 0 Å². The lowest BCUT2D eigenvalue weighted by molar-refractivity contribution is -0.123. The van der Waals surface area contributed by atoms with Gasteiger partial charge in [0.05, 0.1) is 22.3 Å². The molecule has 6 heteroatoms. The summed E-state index contributed by atoms with van der Waals surface area (Å²) in [4.78, 5) is 12.3. The van der Waals surface area contributed by atoms with Crippen LogP contribution >= 0.6 is 11.6 Å². The molecule has 2 atom stereocenters. The largest absolute Gasteiger partial charge is 0.352 e. The molecule has 0 saturated carbocycles. The molecule has 2 unspecified atom stereocenters. The van der Waals surface area contributed by atoms with Gasteiger partial charge in [0.15, 0.2) is 0 Å². The number of benzene rings is 1. The van der Waals surface area contributed by atoms with Crippen molar-refractivity contribution in [1.29, 1.82) is 0 Å². The summed E-state index contributed by atoms with van der Waals surface area (Å²) in [5, 5.41) is 11.8. The number of carbonyl (C=O) groups excluding carboxylic acids is 1. The Kier molecular flexibility index (Phi) is 7.06. The second-order valence-corrected chi connectivity index (χ2v) is 8.43. The van der Waals surface area contributed by atoms with Crippen molar-refractivity contribution in [2.24, 2.45) is 0 Å². The molecular formula is C21H31ClN4O. The monoisotopic (exact) mass is 390 g/mol. The van der Waals surface area contributed by atoms with E-state index in [4.69, 9.17) is 16.7 Å². The number of hydrogen-bond acceptors (Lipinski definition) is 3. The maximum atomic E-state index is 12.3. The Morgan fingerprint density at radius 2 is 1.93 bits per heavy atom. The fourth-order valence-electron chi connectivity index (χ4n) is 2.59. The van der Waals surface area contributed by atoms with Gasteiger partial charge in [0.2, 0.25) is 5.91 Å². The molecule has 0 saturated heterocycles. The Hall–Kier alpha value is -1.85. The van der Waals surface area contributed by atoms with Gasteiger partial charge in [0.1, 0.15) is 0 Å². The van der Waals surface area contributed by atoms with Gasteiger partial charge in [0, 0.05) is 29.9 Å². The Morgan fingerprint density at radius 1 is 1.26 bits per heavy atom. The number of nitrogens with zero attached hydrogens (tertiary/aromatic N) is 2. The first kappa shape index (κ1) is 21.5. The standard InChI is InChI=1S/C21H31ClN4O/c1-7-14(2)24-20(27)15(3)23-12-16-13-26(21(4,5)6)25-19(16)17-10-8-9-11-18(17)22/h8-11,13-15,23H,7,12H2,1-6H3,(H,24,27). The van der Waals surface area contributed by atoms with Crippen molar-refractivity contribution in [1.82, 2.24) is 20.4 Å². The third-order valence-corrected chi connectivity index (χ3v) is 4.93. The first-order valence-electron chi connectivity index (χ1n) is 9.51. The highest BCUT2D eigenvalue weighted by Crippen LogP contribution is 2.30. The van der Waals surface area contributed by atoms with Crippen LogP contribution in [0.1, 0.15) is 53.5 Å². The van der Waals surface area contributed by atoms with E-state index in [1.54, 1.807) is 0 Å². The summed E-state index contributed by atoms with van der Waals surface area (Å²) in [7, 11) is 0. The average molecular weight is 391 g/mol. The van der Waals surface area contributed by atoms with Gasteiger partial charge in [-0.05, 0) is 47.1 Å². The molecule has 1 aromatic heterocycles. The maximum Gasteiger partial charge on any atom is 0.237 e. The van der Waals surface area contributed by atoms with Gasteiger partial charge in [-0.25, -0.2) is 0 Å². The Morgan fingerprint density at radius 3 is 2.52 bits per heavy atom. The zero-order valence-corrected chi connectivity index (χ0v) is 17.9. The molecule has 2 aromatic rings. The minimum absolute atomic E-state index is 0.00635. The quantitative estimate of drug-likeness (QED) is 0.738. The van der Waals surface area contributed by atoms with Crippen molar-refractivity contribution in [3.05, 3.63) is 41.0 Å². The van der Waals surface area contributed by atoms with E-state index in [0.717, 1.165) is 23.2 Å². The third kappa shape index (κ3) is 5.56. The lowest BCUT2D eigenvalue weighted by atomic mass is 10.1. The van der Waals surface area contributed by atoms with Gasteiger partial charge in [-0.2, -0.15) is 5.10 Å². The molecule has 1 amide bonds. The smallest absolute Gasteiger partial charge is 0.237 e. The van der Waals surface area contributed by atoms with Crippen LogP contribution in [0, 0.1) is 0 Å². The highest BCUT2D eigenvalue weighted by molar-refractivity contribution is 6.33. The Balaban J connectivity index is 2.24. The van der Waals surface area contributed by atoms with Crippen LogP contribution in [0.3, 0.4) is 0 Å². The summed E-state index contributed by atoms with van der Waals surface area (Å²) in [6, 6.07) is 7.58. The van der Waals surface area contributed by atoms with E-state index in [0.29, 0.717) is 11.6 Å². The van der Waals surface area contributed by atoms with Gasteiger partial charge in [-0.15, -0.1) is 0 Å². The molecule has 0 aliphatic heterocycles. The van der Waals surface area contributed by atoms with Crippen molar-refractivity contribution < 1.29 is 4.79 Å². The van der Waals surface area contributed by atoms with E-state index in [9.17, 15) is 4.79 Å². The molecule has 0 radical (unpaired) electrons. The molecule has 148 valence electrons. The minimum Gasteiger partial charge on any atom is -0.352 e. The van der Waals surface area contributed by atoms with Crippen molar-refractivity contribution in [3.8, 4) is 11.3 Å². The van der Waals surface area contributed by atoms with Crippen molar-refractivity contribution in [3.63, 3.8) is 0 Å². The third-order valence-electron chi connectivity index (χ3n) is 4.60. The molecule has 0 spiro atoms. The Bertz CT molecular complexity index is 779. The predicted octanol–water partition coefficient (Wildman–Crippen LogP) is 4.35. The summed E-state index contributed by atoms with van der Waals surface area (Å²) >= 11 is 6.41. The van der Waals surface area contributed by atoms with Crippen LogP contribution in [-0.4, -0.2) is 27.8 Å². The molecule has 2 N–H and O–H groups in total.